The highest BCUT2D eigenvalue weighted by Crippen LogP contribution is 2.24. The first kappa shape index (κ1) is 14.1. The van der Waals surface area contributed by atoms with Crippen LogP contribution >= 0.6 is 27.5 Å². The van der Waals surface area contributed by atoms with Crippen molar-refractivity contribution in [3.63, 3.8) is 0 Å². The maximum Gasteiger partial charge on any atom is 0.138 e. The van der Waals surface area contributed by atoms with Crippen molar-refractivity contribution in [3.8, 4) is 5.69 Å². The van der Waals surface area contributed by atoms with Gasteiger partial charge in [-0.3, -0.25) is 0 Å². The molecule has 0 aliphatic rings. The molecule has 1 N–H and O–H groups in total. The largest absolute Gasteiger partial charge is 0.379 e. The highest BCUT2D eigenvalue weighted by atomic mass is 79.9. The Morgan fingerprint density at radius 2 is 2.10 bits per heavy atom. The standard InChI is InChI=1S/C15H12BrClN4/c16-12-3-1-2-11(6-12)8-19-14-7-13(17)4-5-15(14)21-10-18-9-20-21/h1-7,9-10,19H,8H2. The van der Waals surface area contributed by atoms with Crippen LogP contribution in [-0.4, -0.2) is 14.8 Å². The normalized spacial score (nSPS) is 10.6. The van der Waals surface area contributed by atoms with Crippen LogP contribution in [0.4, 0.5) is 5.69 Å². The molecule has 0 spiro atoms. The molecule has 0 aliphatic heterocycles. The molecule has 0 fully saturated rings. The van der Waals surface area contributed by atoms with Crippen LogP contribution in [0.25, 0.3) is 5.69 Å². The Balaban J connectivity index is 1.86. The maximum absolute atomic E-state index is 6.09. The van der Waals surface area contributed by atoms with Gasteiger partial charge in [-0.15, -0.1) is 0 Å². The summed E-state index contributed by atoms with van der Waals surface area (Å²) in [6, 6.07) is 13.8. The van der Waals surface area contributed by atoms with Crippen LogP contribution in [0.15, 0.2) is 59.6 Å². The molecule has 106 valence electrons. The van der Waals surface area contributed by atoms with Crippen LogP contribution in [0.2, 0.25) is 5.02 Å². The Labute approximate surface area is 135 Å². The lowest BCUT2D eigenvalue weighted by molar-refractivity contribution is 0.878. The lowest BCUT2D eigenvalue weighted by Crippen LogP contribution is -2.05. The monoisotopic (exact) mass is 362 g/mol. The van der Waals surface area contributed by atoms with Gasteiger partial charge in [0.25, 0.3) is 0 Å². The predicted octanol–water partition coefficient (Wildman–Crippen LogP) is 4.30. The summed E-state index contributed by atoms with van der Waals surface area (Å²) in [4.78, 5) is 3.98. The second-order valence-corrected chi connectivity index (χ2v) is 5.84. The van der Waals surface area contributed by atoms with E-state index in [9.17, 15) is 0 Å². The number of nitrogens with one attached hydrogen (secondary N) is 1. The molecule has 0 aliphatic carbocycles. The molecular weight excluding hydrogens is 352 g/mol. The summed E-state index contributed by atoms with van der Waals surface area (Å²) in [7, 11) is 0. The molecule has 1 aromatic heterocycles. The Morgan fingerprint density at radius 3 is 2.86 bits per heavy atom. The van der Waals surface area contributed by atoms with E-state index in [1.54, 1.807) is 11.0 Å². The van der Waals surface area contributed by atoms with Crippen LogP contribution in [0.3, 0.4) is 0 Å². The van der Waals surface area contributed by atoms with E-state index in [2.05, 4.69) is 43.5 Å². The first-order valence-electron chi connectivity index (χ1n) is 6.35. The second kappa shape index (κ2) is 6.28. The molecule has 21 heavy (non-hydrogen) atoms. The molecule has 3 aromatic rings. The number of hydrogen-bond acceptors (Lipinski definition) is 3. The summed E-state index contributed by atoms with van der Waals surface area (Å²) in [6.45, 7) is 0.696. The molecule has 0 amide bonds. The highest BCUT2D eigenvalue weighted by molar-refractivity contribution is 9.10. The van der Waals surface area contributed by atoms with E-state index in [0.29, 0.717) is 11.6 Å². The summed E-state index contributed by atoms with van der Waals surface area (Å²) in [5, 5.41) is 8.23. The first-order chi connectivity index (χ1) is 10.2. The van der Waals surface area contributed by atoms with Gasteiger partial charge in [-0.25, -0.2) is 9.67 Å². The average Bonchev–Trinajstić information content (AvgIpc) is 2.99. The van der Waals surface area contributed by atoms with Gasteiger partial charge in [-0.2, -0.15) is 5.10 Å². The summed E-state index contributed by atoms with van der Waals surface area (Å²) in [6.07, 6.45) is 3.17. The Bertz CT molecular complexity index is 743. The number of nitrogens with zero attached hydrogens (tertiary/aromatic N) is 3. The van der Waals surface area contributed by atoms with Crippen LogP contribution in [0.1, 0.15) is 5.56 Å². The molecule has 0 bridgehead atoms. The first-order valence-corrected chi connectivity index (χ1v) is 7.52. The van der Waals surface area contributed by atoms with Crippen molar-refractivity contribution in [3.05, 3.63) is 70.2 Å². The van der Waals surface area contributed by atoms with E-state index < -0.39 is 0 Å². The van der Waals surface area contributed by atoms with Gasteiger partial charge in [0.15, 0.2) is 0 Å². The third-order valence-corrected chi connectivity index (χ3v) is 3.72. The van der Waals surface area contributed by atoms with Gasteiger partial charge in [-0.1, -0.05) is 39.7 Å². The van der Waals surface area contributed by atoms with E-state index >= 15 is 0 Å². The molecular formula is C15H12BrClN4. The highest BCUT2D eigenvalue weighted by Gasteiger charge is 2.06. The van der Waals surface area contributed by atoms with Gasteiger partial charge in [0.05, 0.1) is 11.4 Å². The van der Waals surface area contributed by atoms with Crippen LogP contribution in [0.5, 0.6) is 0 Å². The van der Waals surface area contributed by atoms with Gasteiger partial charge >= 0.3 is 0 Å². The van der Waals surface area contributed by atoms with Crippen molar-refractivity contribution in [1.82, 2.24) is 14.8 Å². The third-order valence-electron chi connectivity index (χ3n) is 3.00. The molecule has 6 heteroatoms. The fourth-order valence-corrected chi connectivity index (χ4v) is 2.65. The lowest BCUT2D eigenvalue weighted by atomic mass is 10.2. The molecule has 0 saturated heterocycles. The van der Waals surface area contributed by atoms with Gasteiger partial charge in [-0.05, 0) is 35.9 Å². The Morgan fingerprint density at radius 1 is 1.19 bits per heavy atom. The van der Waals surface area contributed by atoms with Crippen LogP contribution in [-0.2, 0) is 6.54 Å². The Kier molecular flexibility index (Phi) is 4.22. The fraction of sp³-hybridized carbons (Fsp3) is 0.0667. The summed E-state index contributed by atoms with van der Waals surface area (Å²) >= 11 is 9.57. The minimum absolute atomic E-state index is 0.676. The molecule has 2 aromatic carbocycles. The summed E-state index contributed by atoms with van der Waals surface area (Å²) in [5.74, 6) is 0. The number of hydrogen-bond donors (Lipinski definition) is 1. The third kappa shape index (κ3) is 3.43. The minimum atomic E-state index is 0.676. The molecule has 0 unspecified atom stereocenters. The zero-order chi connectivity index (χ0) is 14.7. The predicted molar refractivity (Wildman–Crippen MR) is 87.8 cm³/mol. The van der Waals surface area contributed by atoms with Gasteiger partial charge in [0.2, 0.25) is 0 Å². The number of rotatable bonds is 4. The van der Waals surface area contributed by atoms with E-state index in [0.717, 1.165) is 15.8 Å². The van der Waals surface area contributed by atoms with E-state index in [1.165, 1.54) is 11.9 Å². The van der Waals surface area contributed by atoms with E-state index in [1.807, 2.05) is 30.3 Å². The topological polar surface area (TPSA) is 42.7 Å². The average molecular weight is 364 g/mol. The van der Waals surface area contributed by atoms with E-state index in [-0.39, 0.29) is 0 Å². The SMILES string of the molecule is Clc1ccc(-n2cncn2)c(NCc2cccc(Br)c2)c1. The fourth-order valence-electron chi connectivity index (χ4n) is 2.03. The zero-order valence-electron chi connectivity index (χ0n) is 11.0. The van der Waals surface area contributed by atoms with Crippen molar-refractivity contribution in [2.24, 2.45) is 0 Å². The number of anilines is 1. The van der Waals surface area contributed by atoms with Crippen molar-refractivity contribution >= 4 is 33.2 Å². The maximum atomic E-state index is 6.09. The molecule has 0 saturated carbocycles. The number of benzene rings is 2. The van der Waals surface area contributed by atoms with Crippen LogP contribution < -0.4 is 5.32 Å². The smallest absolute Gasteiger partial charge is 0.138 e. The molecule has 3 rings (SSSR count). The van der Waals surface area contributed by atoms with Gasteiger partial charge < -0.3 is 5.32 Å². The van der Waals surface area contributed by atoms with Gasteiger partial charge in [0, 0.05) is 16.0 Å². The second-order valence-electron chi connectivity index (χ2n) is 4.48. The molecule has 0 atom stereocenters. The minimum Gasteiger partial charge on any atom is -0.379 e. The Hall–Kier alpha value is -1.85. The van der Waals surface area contributed by atoms with Crippen LogP contribution in [0, 0.1) is 0 Å². The quantitative estimate of drug-likeness (QED) is 0.751. The molecule has 1 heterocycles. The molecule has 4 nitrogen and oxygen atoms in total. The number of halogens is 2. The van der Waals surface area contributed by atoms with Crippen molar-refractivity contribution in [2.75, 3.05) is 5.32 Å². The van der Waals surface area contributed by atoms with Crippen molar-refractivity contribution in [2.45, 2.75) is 6.54 Å². The van der Waals surface area contributed by atoms with E-state index in [4.69, 9.17) is 11.6 Å². The van der Waals surface area contributed by atoms with Crippen molar-refractivity contribution in [1.29, 1.82) is 0 Å². The zero-order valence-corrected chi connectivity index (χ0v) is 13.3. The summed E-state index contributed by atoms with van der Waals surface area (Å²) < 4.78 is 2.77. The van der Waals surface area contributed by atoms with Crippen molar-refractivity contribution < 1.29 is 0 Å². The summed E-state index contributed by atoms with van der Waals surface area (Å²) in [5.41, 5.74) is 2.99. The number of aromatic nitrogens is 3. The van der Waals surface area contributed by atoms with Gasteiger partial charge in [0.1, 0.15) is 12.7 Å². The lowest BCUT2D eigenvalue weighted by Gasteiger charge is -2.12. The molecule has 0 radical (unpaired) electrons.